The lowest BCUT2D eigenvalue weighted by atomic mass is 10.2. The molecule has 2 rings (SSSR count). The molecule has 1 amide bonds. The second-order valence-electron chi connectivity index (χ2n) is 4.15. The number of nitrogens with one attached hydrogen (secondary N) is 1. The number of hydrogen-bond donors (Lipinski definition) is 1. The first-order chi connectivity index (χ1) is 9.86. The number of rotatable bonds is 4. The van der Waals surface area contributed by atoms with E-state index in [-0.39, 0.29) is 13.0 Å². The maximum Gasteiger partial charge on any atom is 0.471 e. The molecule has 0 radical (unpaired) electrons. The van der Waals surface area contributed by atoms with E-state index in [0.717, 1.165) is 10.0 Å². The highest BCUT2D eigenvalue weighted by Gasteiger charge is 2.38. The number of benzene rings is 1. The minimum absolute atomic E-state index is 0.155. The lowest BCUT2D eigenvalue weighted by Gasteiger charge is -2.06. The van der Waals surface area contributed by atoms with Crippen LogP contribution in [0, 0.1) is 0 Å². The van der Waals surface area contributed by atoms with E-state index in [1.54, 1.807) is 17.4 Å². The molecule has 0 spiro atoms. The van der Waals surface area contributed by atoms with Gasteiger partial charge < -0.3 is 9.73 Å². The third-order valence-electron chi connectivity index (χ3n) is 2.57. The predicted molar refractivity (Wildman–Crippen MR) is 72.4 cm³/mol. The summed E-state index contributed by atoms with van der Waals surface area (Å²) in [6, 6.07) is 7.24. The van der Waals surface area contributed by atoms with E-state index < -0.39 is 12.1 Å². The van der Waals surface area contributed by atoms with Crippen LogP contribution in [0.4, 0.5) is 13.2 Å². The van der Waals surface area contributed by atoms with Crippen LogP contribution in [-0.2, 0) is 11.2 Å². The molecule has 1 N–H and O–H groups in total. The Morgan fingerprint density at radius 3 is 2.57 bits per heavy atom. The molecule has 21 heavy (non-hydrogen) atoms. The SMILES string of the molecule is O=C(NCCc1coc(-c2ccc(Br)cc2)n1)C(F)(F)F. The minimum Gasteiger partial charge on any atom is -0.444 e. The largest absolute Gasteiger partial charge is 0.471 e. The third kappa shape index (κ3) is 4.32. The summed E-state index contributed by atoms with van der Waals surface area (Å²) in [6.07, 6.45) is -3.36. The minimum atomic E-state index is -4.87. The summed E-state index contributed by atoms with van der Waals surface area (Å²) in [6.45, 7) is -0.162. The molecule has 4 nitrogen and oxygen atoms in total. The number of aromatic nitrogens is 1. The van der Waals surface area contributed by atoms with Crippen molar-refractivity contribution in [2.75, 3.05) is 6.54 Å². The standard InChI is InChI=1S/C13H10BrF3N2O2/c14-9-3-1-8(2-4-9)11-19-10(7-21-11)5-6-18-12(20)13(15,16)17/h1-4,7H,5-6H2,(H,18,20). The first-order valence-corrected chi connectivity index (χ1v) is 6.71. The molecule has 0 aliphatic carbocycles. The molecule has 8 heteroatoms. The quantitative estimate of drug-likeness (QED) is 0.907. The van der Waals surface area contributed by atoms with E-state index in [0.29, 0.717) is 11.6 Å². The Hall–Kier alpha value is -1.83. The first kappa shape index (κ1) is 15.6. The molecule has 0 atom stereocenters. The fraction of sp³-hybridized carbons (Fsp3) is 0.231. The highest BCUT2D eigenvalue weighted by molar-refractivity contribution is 9.10. The molecule has 0 saturated heterocycles. The van der Waals surface area contributed by atoms with Crippen LogP contribution in [0.3, 0.4) is 0 Å². The van der Waals surface area contributed by atoms with Crippen LogP contribution in [-0.4, -0.2) is 23.6 Å². The lowest BCUT2D eigenvalue weighted by molar-refractivity contribution is -0.173. The van der Waals surface area contributed by atoms with Gasteiger partial charge in [-0.2, -0.15) is 13.2 Å². The average Bonchev–Trinajstić information content (AvgIpc) is 2.87. The number of nitrogens with zero attached hydrogens (tertiary/aromatic N) is 1. The van der Waals surface area contributed by atoms with E-state index in [9.17, 15) is 18.0 Å². The number of halogens is 4. The summed E-state index contributed by atoms with van der Waals surface area (Å²) in [5.74, 6) is -1.58. The van der Waals surface area contributed by atoms with Gasteiger partial charge in [0.05, 0.1) is 5.69 Å². The van der Waals surface area contributed by atoms with Gasteiger partial charge in [-0.1, -0.05) is 15.9 Å². The fourth-order valence-electron chi connectivity index (χ4n) is 1.55. The normalized spacial score (nSPS) is 11.4. The van der Waals surface area contributed by atoms with Gasteiger partial charge in [-0.05, 0) is 24.3 Å². The number of alkyl halides is 3. The van der Waals surface area contributed by atoms with E-state index in [2.05, 4.69) is 20.9 Å². The number of hydrogen-bond acceptors (Lipinski definition) is 3. The van der Waals surface area contributed by atoms with Crippen molar-refractivity contribution in [3.05, 3.63) is 40.7 Å². The van der Waals surface area contributed by atoms with Crippen molar-refractivity contribution in [1.29, 1.82) is 0 Å². The number of amides is 1. The molecule has 0 fully saturated rings. The summed E-state index contributed by atoms with van der Waals surface area (Å²) in [5, 5.41) is 1.78. The van der Waals surface area contributed by atoms with Crippen molar-refractivity contribution in [2.45, 2.75) is 12.6 Å². The molecule has 0 aliphatic heterocycles. The Kier molecular flexibility index (Phi) is 4.66. The summed E-state index contributed by atoms with van der Waals surface area (Å²) >= 11 is 3.30. The molecule has 2 aromatic rings. The molecule has 1 heterocycles. The summed E-state index contributed by atoms with van der Waals surface area (Å²) < 4.78 is 42.1. The Morgan fingerprint density at radius 1 is 1.29 bits per heavy atom. The second-order valence-corrected chi connectivity index (χ2v) is 5.07. The van der Waals surface area contributed by atoms with Crippen LogP contribution >= 0.6 is 15.9 Å². The van der Waals surface area contributed by atoms with Crippen LogP contribution in [0.15, 0.2) is 39.4 Å². The van der Waals surface area contributed by atoms with E-state index in [1.807, 2.05) is 12.1 Å². The Labute approximate surface area is 126 Å². The Morgan fingerprint density at radius 2 is 1.95 bits per heavy atom. The van der Waals surface area contributed by atoms with Gasteiger partial charge in [0, 0.05) is 23.0 Å². The van der Waals surface area contributed by atoms with Crippen LogP contribution in [0.25, 0.3) is 11.5 Å². The monoisotopic (exact) mass is 362 g/mol. The Bertz CT molecular complexity index is 623. The third-order valence-corrected chi connectivity index (χ3v) is 3.10. The molecular weight excluding hydrogens is 353 g/mol. The summed E-state index contributed by atoms with van der Waals surface area (Å²) in [4.78, 5) is 14.8. The van der Waals surface area contributed by atoms with Crippen molar-refractivity contribution in [2.24, 2.45) is 0 Å². The summed E-state index contributed by atoms with van der Waals surface area (Å²) in [5.41, 5.74) is 1.22. The highest BCUT2D eigenvalue weighted by Crippen LogP contribution is 2.21. The van der Waals surface area contributed by atoms with Gasteiger partial charge in [0.15, 0.2) is 0 Å². The van der Waals surface area contributed by atoms with Crippen LogP contribution in [0.5, 0.6) is 0 Å². The van der Waals surface area contributed by atoms with Crippen molar-refractivity contribution >= 4 is 21.8 Å². The first-order valence-electron chi connectivity index (χ1n) is 5.91. The topological polar surface area (TPSA) is 55.1 Å². The smallest absolute Gasteiger partial charge is 0.444 e. The molecule has 0 aliphatic rings. The van der Waals surface area contributed by atoms with Gasteiger partial charge in [-0.25, -0.2) is 4.98 Å². The average molecular weight is 363 g/mol. The molecule has 0 bridgehead atoms. The van der Waals surface area contributed by atoms with Gasteiger partial charge in [-0.15, -0.1) is 0 Å². The number of oxazole rings is 1. The van der Waals surface area contributed by atoms with Crippen molar-refractivity contribution in [3.63, 3.8) is 0 Å². The lowest BCUT2D eigenvalue weighted by Crippen LogP contribution is -2.37. The zero-order chi connectivity index (χ0) is 15.5. The highest BCUT2D eigenvalue weighted by atomic mass is 79.9. The van der Waals surface area contributed by atoms with E-state index in [1.165, 1.54) is 6.26 Å². The second kappa shape index (κ2) is 6.30. The van der Waals surface area contributed by atoms with E-state index >= 15 is 0 Å². The maximum atomic E-state index is 12.0. The zero-order valence-corrected chi connectivity index (χ0v) is 12.2. The van der Waals surface area contributed by atoms with Crippen LogP contribution in [0.2, 0.25) is 0 Å². The molecular formula is C13H10BrF3N2O2. The van der Waals surface area contributed by atoms with Crippen LogP contribution < -0.4 is 5.32 Å². The van der Waals surface area contributed by atoms with Gasteiger partial charge in [0.1, 0.15) is 6.26 Å². The predicted octanol–water partition coefficient (Wildman–Crippen LogP) is 3.33. The van der Waals surface area contributed by atoms with Crippen LogP contribution in [0.1, 0.15) is 5.69 Å². The summed E-state index contributed by atoms with van der Waals surface area (Å²) in [7, 11) is 0. The maximum absolute atomic E-state index is 12.0. The molecule has 0 unspecified atom stereocenters. The fourth-order valence-corrected chi connectivity index (χ4v) is 1.82. The van der Waals surface area contributed by atoms with Crippen molar-refractivity contribution in [3.8, 4) is 11.5 Å². The van der Waals surface area contributed by atoms with Gasteiger partial charge in [0.25, 0.3) is 0 Å². The molecule has 1 aromatic heterocycles. The molecule has 112 valence electrons. The molecule has 1 aromatic carbocycles. The van der Waals surface area contributed by atoms with E-state index in [4.69, 9.17) is 4.42 Å². The van der Waals surface area contributed by atoms with Gasteiger partial charge in [-0.3, -0.25) is 4.79 Å². The Balaban J connectivity index is 1.92. The van der Waals surface area contributed by atoms with Gasteiger partial charge in [0.2, 0.25) is 5.89 Å². The number of carbonyl (C=O) groups excluding carboxylic acids is 1. The van der Waals surface area contributed by atoms with Crippen molar-refractivity contribution in [1.82, 2.24) is 10.3 Å². The van der Waals surface area contributed by atoms with Crippen molar-refractivity contribution < 1.29 is 22.4 Å². The zero-order valence-electron chi connectivity index (χ0n) is 10.6. The number of carbonyl (C=O) groups is 1. The van der Waals surface area contributed by atoms with Gasteiger partial charge >= 0.3 is 12.1 Å². The molecule has 0 saturated carbocycles.